The van der Waals surface area contributed by atoms with Gasteiger partial charge in [-0.2, -0.15) is 13.2 Å². The van der Waals surface area contributed by atoms with Gasteiger partial charge in [0, 0.05) is 18.4 Å². The highest BCUT2D eigenvalue weighted by atomic mass is 19.4. The van der Waals surface area contributed by atoms with Crippen LogP contribution in [-0.2, 0) is 12.6 Å². The van der Waals surface area contributed by atoms with E-state index in [4.69, 9.17) is 0 Å². The summed E-state index contributed by atoms with van der Waals surface area (Å²) >= 11 is 0. The highest BCUT2D eigenvalue weighted by Gasteiger charge is 2.31. The second kappa shape index (κ2) is 4.41. The lowest BCUT2D eigenvalue weighted by Gasteiger charge is -2.11. The Morgan fingerprint density at radius 1 is 1.38 bits per heavy atom. The second-order valence-electron chi connectivity index (χ2n) is 4.08. The molecule has 2 heterocycles. The van der Waals surface area contributed by atoms with Crippen LogP contribution in [0.1, 0.15) is 24.0 Å². The molecule has 1 saturated heterocycles. The first-order valence-electron chi connectivity index (χ1n) is 5.30. The number of alkyl halides is 3. The number of hydrogen-bond acceptors (Lipinski definition) is 2. The molecule has 1 unspecified atom stereocenters. The Hall–Kier alpha value is -1.10. The van der Waals surface area contributed by atoms with E-state index in [2.05, 4.69) is 10.3 Å². The smallest absolute Gasteiger partial charge is 0.314 e. The van der Waals surface area contributed by atoms with Gasteiger partial charge in [0.1, 0.15) is 0 Å². The highest BCUT2D eigenvalue weighted by molar-refractivity contribution is 5.21. The van der Waals surface area contributed by atoms with Gasteiger partial charge in [0.05, 0.1) is 5.56 Å². The summed E-state index contributed by atoms with van der Waals surface area (Å²) < 4.78 is 37.3. The third-order valence-corrected chi connectivity index (χ3v) is 2.77. The molecule has 0 bridgehead atoms. The third kappa shape index (κ3) is 2.72. The van der Waals surface area contributed by atoms with E-state index < -0.39 is 11.7 Å². The number of rotatable bonds is 2. The van der Waals surface area contributed by atoms with Gasteiger partial charge in [-0.25, -0.2) is 0 Å². The van der Waals surface area contributed by atoms with Crippen molar-refractivity contribution in [2.45, 2.75) is 31.5 Å². The Morgan fingerprint density at radius 3 is 2.81 bits per heavy atom. The Bertz CT molecular complexity index is 356. The quantitative estimate of drug-likeness (QED) is 0.843. The van der Waals surface area contributed by atoms with Crippen LogP contribution in [0.2, 0.25) is 0 Å². The molecular formula is C11H13F3N2. The van der Waals surface area contributed by atoms with E-state index in [0.29, 0.717) is 18.0 Å². The van der Waals surface area contributed by atoms with Gasteiger partial charge in [0.2, 0.25) is 0 Å². The van der Waals surface area contributed by atoms with Crippen molar-refractivity contribution in [3.8, 4) is 0 Å². The lowest BCUT2D eigenvalue weighted by atomic mass is 10.0. The van der Waals surface area contributed by atoms with Crippen molar-refractivity contribution in [3.05, 3.63) is 29.6 Å². The molecule has 0 amide bonds. The zero-order valence-electron chi connectivity index (χ0n) is 8.72. The molecule has 88 valence electrons. The van der Waals surface area contributed by atoms with Crippen LogP contribution in [0.25, 0.3) is 0 Å². The van der Waals surface area contributed by atoms with E-state index >= 15 is 0 Å². The van der Waals surface area contributed by atoms with Crippen LogP contribution in [0.3, 0.4) is 0 Å². The first-order chi connectivity index (χ1) is 7.55. The van der Waals surface area contributed by atoms with Gasteiger partial charge in [-0.3, -0.25) is 4.98 Å². The molecule has 1 aromatic heterocycles. The number of nitrogens with one attached hydrogen (secondary N) is 1. The largest absolute Gasteiger partial charge is 0.417 e. The van der Waals surface area contributed by atoms with E-state index in [1.165, 1.54) is 12.3 Å². The molecule has 16 heavy (non-hydrogen) atoms. The van der Waals surface area contributed by atoms with Crippen molar-refractivity contribution in [1.29, 1.82) is 0 Å². The van der Waals surface area contributed by atoms with Crippen molar-refractivity contribution < 1.29 is 13.2 Å². The van der Waals surface area contributed by atoms with Gasteiger partial charge in [0.15, 0.2) is 0 Å². The maximum absolute atomic E-state index is 12.4. The first-order valence-corrected chi connectivity index (χ1v) is 5.30. The minimum atomic E-state index is -4.30. The predicted octanol–water partition coefficient (Wildman–Crippen LogP) is 2.39. The summed E-state index contributed by atoms with van der Waals surface area (Å²) in [5, 5.41) is 3.25. The van der Waals surface area contributed by atoms with Gasteiger partial charge in [-0.1, -0.05) is 0 Å². The van der Waals surface area contributed by atoms with Gasteiger partial charge in [-0.05, 0) is 37.4 Å². The topological polar surface area (TPSA) is 24.9 Å². The van der Waals surface area contributed by atoms with Gasteiger partial charge >= 0.3 is 6.18 Å². The van der Waals surface area contributed by atoms with Crippen LogP contribution in [0.4, 0.5) is 13.2 Å². The molecule has 1 fully saturated rings. The zero-order valence-corrected chi connectivity index (χ0v) is 8.72. The summed E-state index contributed by atoms with van der Waals surface area (Å²) in [7, 11) is 0. The van der Waals surface area contributed by atoms with Crippen LogP contribution >= 0.6 is 0 Å². The predicted molar refractivity (Wildman–Crippen MR) is 54.0 cm³/mol. The molecule has 1 N–H and O–H groups in total. The van der Waals surface area contributed by atoms with E-state index in [1.807, 2.05) is 0 Å². The summed E-state index contributed by atoms with van der Waals surface area (Å²) in [5.74, 6) is 0. The van der Waals surface area contributed by atoms with Crippen LogP contribution in [0, 0.1) is 0 Å². The van der Waals surface area contributed by atoms with Crippen LogP contribution in [0.5, 0.6) is 0 Å². The first kappa shape index (κ1) is 11.4. The average Bonchev–Trinajstić information content (AvgIpc) is 2.70. The SMILES string of the molecule is FC(F)(F)c1cncc(CC2CCCN2)c1. The standard InChI is InChI=1S/C11H13F3N2/c12-11(13,14)9-4-8(6-15-7-9)5-10-2-1-3-16-10/h4,6-7,10,16H,1-3,5H2. The molecule has 1 aromatic rings. The van der Waals surface area contributed by atoms with Crippen LogP contribution < -0.4 is 5.32 Å². The zero-order chi connectivity index (χ0) is 11.6. The Kier molecular flexibility index (Phi) is 3.14. The Morgan fingerprint density at radius 2 is 2.19 bits per heavy atom. The van der Waals surface area contributed by atoms with Crippen molar-refractivity contribution in [2.24, 2.45) is 0 Å². The highest BCUT2D eigenvalue weighted by Crippen LogP contribution is 2.29. The molecule has 5 heteroatoms. The molecule has 0 aromatic carbocycles. The molecule has 2 rings (SSSR count). The van der Waals surface area contributed by atoms with Crippen molar-refractivity contribution in [1.82, 2.24) is 10.3 Å². The molecule has 0 aliphatic carbocycles. The monoisotopic (exact) mass is 230 g/mol. The summed E-state index contributed by atoms with van der Waals surface area (Å²) in [6, 6.07) is 1.48. The van der Waals surface area contributed by atoms with E-state index in [9.17, 15) is 13.2 Å². The average molecular weight is 230 g/mol. The minimum Gasteiger partial charge on any atom is -0.314 e. The molecule has 2 nitrogen and oxygen atoms in total. The summed E-state index contributed by atoms with van der Waals surface area (Å²) in [6.45, 7) is 0.955. The maximum Gasteiger partial charge on any atom is 0.417 e. The van der Waals surface area contributed by atoms with E-state index in [1.54, 1.807) is 0 Å². The molecule has 0 radical (unpaired) electrons. The number of halogens is 3. The lowest BCUT2D eigenvalue weighted by molar-refractivity contribution is -0.137. The Balaban J connectivity index is 2.09. The van der Waals surface area contributed by atoms with Gasteiger partial charge in [-0.15, -0.1) is 0 Å². The summed E-state index contributed by atoms with van der Waals surface area (Å²) in [5.41, 5.74) is -0.0165. The molecule has 1 aliphatic heterocycles. The maximum atomic E-state index is 12.4. The summed E-state index contributed by atoms with van der Waals surface area (Å²) in [4.78, 5) is 3.65. The Labute approximate surface area is 91.9 Å². The fraction of sp³-hybridized carbons (Fsp3) is 0.545. The molecule has 1 atom stereocenters. The van der Waals surface area contributed by atoms with Crippen LogP contribution in [0.15, 0.2) is 18.5 Å². The number of nitrogens with zero attached hydrogens (tertiary/aromatic N) is 1. The third-order valence-electron chi connectivity index (χ3n) is 2.77. The molecule has 0 saturated carbocycles. The van der Waals surface area contributed by atoms with E-state index in [0.717, 1.165) is 25.6 Å². The van der Waals surface area contributed by atoms with Crippen molar-refractivity contribution in [3.63, 3.8) is 0 Å². The minimum absolute atomic E-state index is 0.297. The molecule has 0 spiro atoms. The number of hydrogen-bond donors (Lipinski definition) is 1. The van der Waals surface area contributed by atoms with Crippen molar-refractivity contribution >= 4 is 0 Å². The second-order valence-corrected chi connectivity index (χ2v) is 4.08. The number of pyridine rings is 1. The van der Waals surface area contributed by atoms with Gasteiger partial charge < -0.3 is 5.32 Å². The van der Waals surface area contributed by atoms with Gasteiger partial charge in [0.25, 0.3) is 0 Å². The molecule has 1 aliphatic rings. The van der Waals surface area contributed by atoms with Crippen LogP contribution in [-0.4, -0.2) is 17.6 Å². The van der Waals surface area contributed by atoms with Crippen molar-refractivity contribution in [2.75, 3.05) is 6.54 Å². The fourth-order valence-electron chi connectivity index (χ4n) is 1.97. The lowest BCUT2D eigenvalue weighted by Crippen LogP contribution is -2.23. The molecular weight excluding hydrogens is 217 g/mol. The number of aromatic nitrogens is 1. The van der Waals surface area contributed by atoms with E-state index in [-0.39, 0.29) is 0 Å². The normalized spacial score (nSPS) is 21.3. The summed E-state index contributed by atoms with van der Waals surface area (Å²) in [6.07, 6.45) is 0.817. The fourth-order valence-corrected chi connectivity index (χ4v) is 1.97.